The van der Waals surface area contributed by atoms with E-state index in [-0.39, 0.29) is 31.1 Å². The summed E-state index contributed by atoms with van der Waals surface area (Å²) in [6.07, 6.45) is 2.69. The number of carbonyl (C=O) groups is 3. The molecule has 1 N–H and O–H groups in total. The monoisotopic (exact) mass is 415 g/mol. The Kier molecular flexibility index (Phi) is 9.38. The maximum atomic E-state index is 12.2. The molecule has 5 nitrogen and oxygen atoms in total. The van der Waals surface area contributed by atoms with Crippen LogP contribution in [0, 0.1) is 0 Å². The molecule has 0 aromatic heterocycles. The number of halogens is 1. The van der Waals surface area contributed by atoms with Gasteiger partial charge in [0.15, 0.2) is 12.4 Å². The molecule has 0 aliphatic heterocycles. The summed E-state index contributed by atoms with van der Waals surface area (Å²) >= 11 is 5.83. The van der Waals surface area contributed by atoms with Crippen LogP contribution in [0.3, 0.4) is 0 Å². The van der Waals surface area contributed by atoms with E-state index in [0.29, 0.717) is 23.6 Å². The molecule has 0 spiro atoms. The molecule has 0 heterocycles. The first-order chi connectivity index (χ1) is 14.0. The van der Waals surface area contributed by atoms with Gasteiger partial charge in [0.1, 0.15) is 0 Å². The number of Topliss-reactive ketones (excluding diaryl/α,β-unsaturated/α-hetero) is 1. The second-order valence-corrected chi connectivity index (χ2v) is 7.19. The van der Waals surface area contributed by atoms with Crippen LogP contribution in [-0.2, 0) is 27.2 Å². The second kappa shape index (κ2) is 12.0. The van der Waals surface area contributed by atoms with Crippen molar-refractivity contribution in [3.8, 4) is 0 Å². The minimum atomic E-state index is -0.561. The zero-order valence-corrected chi connectivity index (χ0v) is 17.3. The fraction of sp³-hybridized carbons (Fsp3) is 0.348. The Morgan fingerprint density at radius 2 is 1.52 bits per heavy atom. The average molecular weight is 416 g/mol. The normalized spacial score (nSPS) is 10.4. The van der Waals surface area contributed by atoms with Crippen LogP contribution in [0.2, 0.25) is 5.02 Å². The molecule has 0 saturated carbocycles. The van der Waals surface area contributed by atoms with Gasteiger partial charge in [-0.1, -0.05) is 61.3 Å². The fourth-order valence-electron chi connectivity index (χ4n) is 2.77. The predicted octanol–water partition coefficient (Wildman–Crippen LogP) is 4.16. The molecule has 0 saturated heterocycles. The topological polar surface area (TPSA) is 72.5 Å². The predicted molar refractivity (Wildman–Crippen MR) is 113 cm³/mol. The van der Waals surface area contributed by atoms with Gasteiger partial charge in [-0.3, -0.25) is 14.4 Å². The summed E-state index contributed by atoms with van der Waals surface area (Å²) in [7, 11) is 0. The summed E-state index contributed by atoms with van der Waals surface area (Å²) in [4.78, 5) is 35.7. The zero-order chi connectivity index (χ0) is 21.1. The lowest BCUT2D eigenvalue weighted by Gasteiger charge is -2.07. The van der Waals surface area contributed by atoms with E-state index in [4.69, 9.17) is 16.3 Å². The number of nitrogens with one attached hydrogen (secondary N) is 1. The van der Waals surface area contributed by atoms with Gasteiger partial charge in [0.25, 0.3) is 5.91 Å². The third kappa shape index (κ3) is 8.48. The van der Waals surface area contributed by atoms with Gasteiger partial charge in [-0.15, -0.1) is 0 Å². The van der Waals surface area contributed by atoms with Crippen LogP contribution in [0.4, 0.5) is 0 Å². The van der Waals surface area contributed by atoms with E-state index in [9.17, 15) is 14.4 Å². The van der Waals surface area contributed by atoms with E-state index in [0.717, 1.165) is 18.4 Å². The quantitative estimate of drug-likeness (QED) is 0.442. The molecule has 0 atom stereocenters. The molecule has 2 rings (SSSR count). The highest BCUT2D eigenvalue weighted by atomic mass is 35.5. The van der Waals surface area contributed by atoms with Gasteiger partial charge in [0.05, 0.1) is 6.42 Å². The number of aryl methyl sites for hydroxylation is 1. The molecule has 0 aliphatic rings. The largest absolute Gasteiger partial charge is 0.456 e. The van der Waals surface area contributed by atoms with Crippen LogP contribution in [0.15, 0.2) is 48.5 Å². The Bertz CT molecular complexity index is 816. The number of carbonyl (C=O) groups excluding carboxylic acids is 3. The van der Waals surface area contributed by atoms with Crippen LogP contribution in [0.1, 0.15) is 47.7 Å². The Hall–Kier alpha value is -2.66. The number of esters is 1. The Morgan fingerprint density at radius 3 is 2.17 bits per heavy atom. The second-order valence-electron chi connectivity index (χ2n) is 6.76. The van der Waals surface area contributed by atoms with E-state index in [1.54, 1.807) is 24.3 Å². The van der Waals surface area contributed by atoms with Crippen molar-refractivity contribution in [3.05, 3.63) is 70.2 Å². The van der Waals surface area contributed by atoms with Gasteiger partial charge in [-0.05, 0) is 36.1 Å². The summed E-state index contributed by atoms with van der Waals surface area (Å²) in [6, 6.07) is 14.8. The highest BCUT2D eigenvalue weighted by molar-refractivity contribution is 6.30. The van der Waals surface area contributed by atoms with E-state index in [1.807, 2.05) is 24.3 Å². The van der Waals surface area contributed by atoms with Crippen LogP contribution in [0.25, 0.3) is 0 Å². The van der Waals surface area contributed by atoms with Gasteiger partial charge in [0, 0.05) is 23.6 Å². The highest BCUT2D eigenvalue weighted by Gasteiger charge is 2.12. The molecular weight excluding hydrogens is 390 g/mol. The first-order valence-corrected chi connectivity index (χ1v) is 10.1. The van der Waals surface area contributed by atoms with Crippen LogP contribution >= 0.6 is 11.6 Å². The molecule has 0 fully saturated rings. The van der Waals surface area contributed by atoms with E-state index in [1.165, 1.54) is 5.56 Å². The Balaban J connectivity index is 1.62. The van der Waals surface area contributed by atoms with Crippen LogP contribution < -0.4 is 5.32 Å². The van der Waals surface area contributed by atoms with Gasteiger partial charge >= 0.3 is 5.97 Å². The lowest BCUT2D eigenvalue weighted by molar-refractivity contribution is -0.148. The molecule has 1 amide bonds. The summed E-state index contributed by atoms with van der Waals surface area (Å²) in [5.74, 6) is -1.05. The molecule has 6 heteroatoms. The molecular formula is C23H26ClNO4. The van der Waals surface area contributed by atoms with Gasteiger partial charge < -0.3 is 10.1 Å². The van der Waals surface area contributed by atoms with Crippen LogP contribution in [0.5, 0.6) is 0 Å². The number of hydrogen-bond acceptors (Lipinski definition) is 4. The zero-order valence-electron chi connectivity index (χ0n) is 16.6. The first-order valence-electron chi connectivity index (χ1n) is 9.77. The van der Waals surface area contributed by atoms with Crippen molar-refractivity contribution in [2.24, 2.45) is 0 Å². The molecule has 0 aliphatic carbocycles. The summed E-state index contributed by atoms with van der Waals surface area (Å²) < 4.78 is 4.94. The van der Waals surface area contributed by atoms with E-state index in [2.05, 4.69) is 12.2 Å². The van der Waals surface area contributed by atoms with Crippen molar-refractivity contribution >= 4 is 29.3 Å². The van der Waals surface area contributed by atoms with Gasteiger partial charge in [-0.2, -0.15) is 0 Å². The summed E-state index contributed by atoms with van der Waals surface area (Å²) in [5, 5.41) is 3.35. The molecule has 154 valence electrons. The third-order valence-electron chi connectivity index (χ3n) is 4.38. The molecule has 2 aromatic rings. The lowest BCUT2D eigenvalue weighted by atomic mass is 10.0. The fourth-order valence-corrected chi connectivity index (χ4v) is 2.90. The summed E-state index contributed by atoms with van der Waals surface area (Å²) in [6.45, 7) is 2.19. The maximum Gasteiger partial charge on any atom is 0.306 e. The molecule has 0 unspecified atom stereocenters. The number of ether oxygens (including phenoxy) is 1. The average Bonchev–Trinajstić information content (AvgIpc) is 2.72. The lowest BCUT2D eigenvalue weighted by Crippen LogP contribution is -2.30. The van der Waals surface area contributed by atoms with Crippen molar-refractivity contribution in [1.82, 2.24) is 5.32 Å². The number of amides is 1. The standard InChI is InChI=1S/C23H26ClNO4/c1-2-3-17-4-8-19(9-5-17)21(26)12-13-23(28)29-16-22(27)25-15-14-18-6-10-20(24)11-7-18/h4-11H,2-3,12-16H2,1H3,(H,25,27). The van der Waals surface area contributed by atoms with E-state index >= 15 is 0 Å². The molecule has 0 bridgehead atoms. The summed E-state index contributed by atoms with van der Waals surface area (Å²) in [5.41, 5.74) is 2.82. The van der Waals surface area contributed by atoms with Gasteiger partial charge in [-0.25, -0.2) is 0 Å². The number of ketones is 1. The highest BCUT2D eigenvalue weighted by Crippen LogP contribution is 2.11. The Labute approximate surface area is 176 Å². The van der Waals surface area contributed by atoms with Crippen molar-refractivity contribution in [2.45, 2.75) is 39.0 Å². The SMILES string of the molecule is CCCc1ccc(C(=O)CCC(=O)OCC(=O)NCCc2ccc(Cl)cc2)cc1. The number of rotatable bonds is 11. The number of hydrogen-bond donors (Lipinski definition) is 1. The van der Waals surface area contributed by atoms with E-state index < -0.39 is 5.97 Å². The van der Waals surface area contributed by atoms with Crippen molar-refractivity contribution in [1.29, 1.82) is 0 Å². The molecule has 2 aromatic carbocycles. The van der Waals surface area contributed by atoms with Crippen LogP contribution in [-0.4, -0.2) is 30.8 Å². The minimum absolute atomic E-state index is 0.0480. The smallest absolute Gasteiger partial charge is 0.306 e. The van der Waals surface area contributed by atoms with Gasteiger partial charge in [0.2, 0.25) is 0 Å². The van der Waals surface area contributed by atoms with Crippen molar-refractivity contribution < 1.29 is 19.1 Å². The third-order valence-corrected chi connectivity index (χ3v) is 4.64. The minimum Gasteiger partial charge on any atom is -0.456 e. The number of benzene rings is 2. The molecule has 29 heavy (non-hydrogen) atoms. The first kappa shape index (κ1) is 22.6. The molecule has 0 radical (unpaired) electrons. The van der Waals surface area contributed by atoms with Crippen molar-refractivity contribution in [3.63, 3.8) is 0 Å². The Morgan fingerprint density at radius 1 is 0.897 bits per heavy atom. The van der Waals surface area contributed by atoms with Crippen molar-refractivity contribution in [2.75, 3.05) is 13.2 Å². The maximum absolute atomic E-state index is 12.2.